The molecule has 1 amide bonds. The van der Waals surface area contributed by atoms with Crippen LogP contribution in [0.5, 0.6) is 0 Å². The van der Waals surface area contributed by atoms with Crippen molar-refractivity contribution in [2.24, 2.45) is 5.10 Å². The standard InChI is InChI=1S/C24H29N7O7/c1-27(2)19-11-7-16(13-21(19)30(35)36)23(17-8-12-20(28(3)4)22(14-17)31(37)38)25-26-24(32)15-5-9-18(10-6-15)29(33)34/h5-14,29-31,33,35,37H,1-4H3,(H,26,32). The maximum absolute atomic E-state index is 12.8. The molecule has 38 heavy (non-hydrogen) atoms. The zero-order chi connectivity index (χ0) is 28.1. The number of anilines is 2. The fraction of sp³-hybridized carbons (Fsp3) is 0.167. The Labute approximate surface area is 218 Å². The van der Waals surface area contributed by atoms with Crippen molar-refractivity contribution >= 4 is 40.1 Å². The van der Waals surface area contributed by atoms with Gasteiger partial charge in [0.05, 0.1) is 5.71 Å². The van der Waals surface area contributed by atoms with Crippen molar-refractivity contribution in [1.29, 1.82) is 0 Å². The average Bonchev–Trinajstić information content (AvgIpc) is 2.88. The molecule has 14 heteroatoms. The predicted molar refractivity (Wildman–Crippen MR) is 138 cm³/mol. The number of quaternary nitrogens is 3. The molecule has 3 aromatic rings. The Balaban J connectivity index is 2.12. The van der Waals surface area contributed by atoms with Crippen LogP contribution in [0.1, 0.15) is 21.5 Å². The van der Waals surface area contributed by atoms with Gasteiger partial charge in [-0.2, -0.15) is 20.8 Å². The highest BCUT2D eigenvalue weighted by Crippen LogP contribution is 2.27. The summed E-state index contributed by atoms with van der Waals surface area (Å²) in [6.07, 6.45) is 0. The lowest BCUT2D eigenvalue weighted by Gasteiger charge is -2.23. The molecule has 0 aromatic heterocycles. The van der Waals surface area contributed by atoms with Gasteiger partial charge in [-0.25, -0.2) is 21.0 Å². The maximum atomic E-state index is 12.8. The Morgan fingerprint density at radius 2 is 1.13 bits per heavy atom. The monoisotopic (exact) mass is 527 g/mol. The molecule has 3 aromatic carbocycles. The molecule has 14 nitrogen and oxygen atoms in total. The van der Waals surface area contributed by atoms with E-state index in [1.165, 1.54) is 36.4 Å². The molecule has 0 aliphatic carbocycles. The van der Waals surface area contributed by atoms with Crippen LogP contribution in [-0.2, 0) is 0 Å². The first kappa shape index (κ1) is 28.6. The molecule has 3 rings (SSSR count). The van der Waals surface area contributed by atoms with Crippen molar-refractivity contribution in [3.8, 4) is 0 Å². The number of hydrogen-bond acceptors (Lipinski definition) is 10. The van der Waals surface area contributed by atoms with E-state index in [4.69, 9.17) is 5.21 Å². The van der Waals surface area contributed by atoms with Crippen LogP contribution in [0.15, 0.2) is 65.8 Å². The highest BCUT2D eigenvalue weighted by atomic mass is 16.8. The third-order valence-electron chi connectivity index (χ3n) is 5.63. The van der Waals surface area contributed by atoms with Gasteiger partial charge in [0, 0.05) is 69.1 Å². The van der Waals surface area contributed by atoms with Crippen LogP contribution in [0, 0.1) is 15.6 Å². The molecule has 0 saturated carbocycles. The zero-order valence-corrected chi connectivity index (χ0v) is 21.1. The van der Waals surface area contributed by atoms with E-state index in [9.17, 15) is 30.8 Å². The minimum absolute atomic E-state index is 0.00936. The van der Waals surface area contributed by atoms with Crippen molar-refractivity contribution in [1.82, 2.24) is 5.43 Å². The smallest absolute Gasteiger partial charge is 0.271 e. The summed E-state index contributed by atoms with van der Waals surface area (Å²) < 4.78 is 0. The van der Waals surface area contributed by atoms with Crippen LogP contribution < -0.4 is 30.9 Å². The van der Waals surface area contributed by atoms with Gasteiger partial charge in [0.1, 0.15) is 11.4 Å². The lowest BCUT2D eigenvalue weighted by Crippen LogP contribution is -2.99. The molecule has 7 N–H and O–H groups in total. The van der Waals surface area contributed by atoms with E-state index < -0.39 is 21.6 Å². The second-order valence-corrected chi connectivity index (χ2v) is 8.65. The van der Waals surface area contributed by atoms with E-state index in [0.29, 0.717) is 22.5 Å². The number of carbonyl (C=O) groups excluding carboxylic acids is 1. The Kier molecular flexibility index (Phi) is 9.08. The van der Waals surface area contributed by atoms with Gasteiger partial charge < -0.3 is 25.4 Å². The summed E-state index contributed by atoms with van der Waals surface area (Å²) in [6, 6.07) is 14.4. The van der Waals surface area contributed by atoms with Crippen molar-refractivity contribution in [3.05, 3.63) is 93.0 Å². The number of carbonyl (C=O) groups is 1. The fourth-order valence-electron chi connectivity index (χ4n) is 3.72. The van der Waals surface area contributed by atoms with Crippen LogP contribution in [-0.4, -0.2) is 55.4 Å². The van der Waals surface area contributed by atoms with Gasteiger partial charge >= 0.3 is 0 Å². The highest BCUT2D eigenvalue weighted by Gasteiger charge is 2.20. The lowest BCUT2D eigenvalue weighted by molar-refractivity contribution is -0.991. The van der Waals surface area contributed by atoms with Crippen LogP contribution >= 0.6 is 0 Å². The predicted octanol–water partition coefficient (Wildman–Crippen LogP) is -0.789. The summed E-state index contributed by atoms with van der Waals surface area (Å²) in [5, 5.41) is 64.4. The molecule has 0 aliphatic rings. The second kappa shape index (κ2) is 12.1. The molecule has 0 fully saturated rings. The molecule has 202 valence electrons. The van der Waals surface area contributed by atoms with Crippen LogP contribution in [0.3, 0.4) is 0 Å². The summed E-state index contributed by atoms with van der Waals surface area (Å²) in [5.74, 6) is -0.647. The average molecular weight is 528 g/mol. The molecular formula is C24H29N7O7. The van der Waals surface area contributed by atoms with E-state index >= 15 is 0 Å². The van der Waals surface area contributed by atoms with Gasteiger partial charge in [-0.3, -0.25) is 4.79 Å². The first-order chi connectivity index (χ1) is 17.9. The van der Waals surface area contributed by atoms with Gasteiger partial charge in [0.2, 0.25) is 0 Å². The molecule has 0 spiro atoms. The Morgan fingerprint density at radius 1 is 0.711 bits per heavy atom. The van der Waals surface area contributed by atoms with E-state index in [0.717, 1.165) is 0 Å². The number of hydrazone groups is 1. The normalized spacial score (nSPS) is 13.3. The first-order valence-corrected chi connectivity index (χ1v) is 11.2. The third-order valence-corrected chi connectivity index (χ3v) is 5.63. The molecular weight excluding hydrogens is 498 g/mol. The van der Waals surface area contributed by atoms with Crippen LogP contribution in [0.25, 0.3) is 0 Å². The first-order valence-electron chi connectivity index (χ1n) is 11.2. The minimum atomic E-state index is -1.17. The molecule has 0 bridgehead atoms. The summed E-state index contributed by atoms with van der Waals surface area (Å²) in [4.78, 5) is 16.0. The minimum Gasteiger partial charge on any atom is -0.595 e. The maximum Gasteiger partial charge on any atom is 0.271 e. The zero-order valence-electron chi connectivity index (χ0n) is 21.1. The number of hydrogen-bond donors (Lipinski definition) is 7. The summed E-state index contributed by atoms with van der Waals surface area (Å²) in [5.41, 5.74) is 4.18. The highest BCUT2D eigenvalue weighted by molar-refractivity contribution is 6.14. The van der Waals surface area contributed by atoms with Crippen LogP contribution in [0.2, 0.25) is 0 Å². The quantitative estimate of drug-likeness (QED) is 0.138. The van der Waals surface area contributed by atoms with Crippen molar-refractivity contribution in [2.45, 2.75) is 0 Å². The van der Waals surface area contributed by atoms with E-state index in [1.807, 2.05) is 0 Å². The summed E-state index contributed by atoms with van der Waals surface area (Å²) in [7, 11) is 6.80. The van der Waals surface area contributed by atoms with Crippen molar-refractivity contribution < 1.29 is 36.1 Å². The molecule has 3 atom stereocenters. The number of benzene rings is 3. The van der Waals surface area contributed by atoms with Crippen LogP contribution in [0.4, 0.5) is 28.4 Å². The Morgan fingerprint density at radius 3 is 1.50 bits per heavy atom. The topological polar surface area (TPSA) is 191 Å². The summed E-state index contributed by atoms with van der Waals surface area (Å²) in [6.45, 7) is 0. The SMILES string of the molecule is CN(C)c1ccc(C(=NNC(=O)c2ccc([NH+]([O-])O)cc2)c2ccc(N(C)C)c([NH+]([O-])O)c2)cc1[NH+]([O-])O. The Bertz CT molecular complexity index is 1240. The van der Waals surface area contributed by atoms with E-state index in [1.54, 1.807) is 62.3 Å². The number of amides is 1. The second-order valence-electron chi connectivity index (χ2n) is 8.65. The van der Waals surface area contributed by atoms with Crippen molar-refractivity contribution in [3.63, 3.8) is 0 Å². The van der Waals surface area contributed by atoms with Gasteiger partial charge in [0.25, 0.3) is 5.91 Å². The molecule has 0 saturated heterocycles. The van der Waals surface area contributed by atoms with E-state index in [-0.39, 0.29) is 28.3 Å². The molecule has 0 radical (unpaired) electrons. The van der Waals surface area contributed by atoms with Gasteiger partial charge in [0.15, 0.2) is 17.1 Å². The van der Waals surface area contributed by atoms with Gasteiger partial charge in [-0.1, -0.05) is 12.1 Å². The fourth-order valence-corrected chi connectivity index (χ4v) is 3.72. The summed E-state index contributed by atoms with van der Waals surface area (Å²) >= 11 is 0. The van der Waals surface area contributed by atoms with Crippen molar-refractivity contribution in [2.75, 3.05) is 38.0 Å². The lowest BCUT2D eigenvalue weighted by atomic mass is 10.00. The largest absolute Gasteiger partial charge is 0.595 e. The number of nitrogens with zero attached hydrogens (tertiary/aromatic N) is 3. The molecule has 0 heterocycles. The molecule has 3 unspecified atom stereocenters. The van der Waals surface area contributed by atoms with E-state index in [2.05, 4.69) is 10.5 Å². The van der Waals surface area contributed by atoms with Gasteiger partial charge in [-0.05, 0) is 24.3 Å². The molecule has 0 aliphatic heterocycles. The Hall–Kier alpha value is -3.96. The third kappa shape index (κ3) is 6.48. The number of nitrogens with one attached hydrogen (secondary N) is 4. The number of rotatable bonds is 9. The van der Waals surface area contributed by atoms with Gasteiger partial charge in [-0.15, -0.1) is 0 Å².